The lowest BCUT2D eigenvalue weighted by atomic mass is 10.2. The van der Waals surface area contributed by atoms with E-state index in [1.807, 2.05) is 44.2 Å². The number of esters is 1. The number of cyclic esters (lactones) is 1. The summed E-state index contributed by atoms with van der Waals surface area (Å²) < 4.78 is 10.8. The van der Waals surface area contributed by atoms with Crippen LogP contribution >= 0.6 is 11.6 Å². The van der Waals surface area contributed by atoms with Crippen LogP contribution in [0, 0.1) is 0 Å². The Kier molecular flexibility index (Phi) is 4.67. The zero-order valence-electron chi connectivity index (χ0n) is 13.3. The Labute approximate surface area is 145 Å². The van der Waals surface area contributed by atoms with Gasteiger partial charge in [0.2, 0.25) is 5.90 Å². The van der Waals surface area contributed by atoms with Crippen molar-refractivity contribution in [2.45, 2.75) is 20.0 Å². The van der Waals surface area contributed by atoms with E-state index >= 15 is 0 Å². The molecule has 0 amide bonds. The molecule has 0 saturated carbocycles. The third kappa shape index (κ3) is 3.66. The molecule has 0 atom stereocenters. The van der Waals surface area contributed by atoms with Gasteiger partial charge >= 0.3 is 5.97 Å². The van der Waals surface area contributed by atoms with Crippen molar-refractivity contribution in [1.29, 1.82) is 0 Å². The fourth-order valence-electron chi connectivity index (χ4n) is 2.23. The highest BCUT2D eigenvalue weighted by Gasteiger charge is 2.25. The standard InChI is InChI=1S/C19H16ClNO3/c1-12(2)23-14-9-7-13(8-10-14)11-17-19(22)24-18(21-17)15-5-3-4-6-16(15)20/h3-12H,1-2H3/b17-11-. The molecule has 0 N–H and O–H groups in total. The van der Waals surface area contributed by atoms with Crippen LogP contribution in [0.1, 0.15) is 25.0 Å². The van der Waals surface area contributed by atoms with E-state index in [-0.39, 0.29) is 17.7 Å². The molecule has 0 bridgehead atoms. The molecule has 0 fully saturated rings. The summed E-state index contributed by atoms with van der Waals surface area (Å²) in [6, 6.07) is 14.5. The minimum absolute atomic E-state index is 0.113. The molecule has 2 aromatic rings. The number of aliphatic imine (C=N–C) groups is 1. The first-order chi connectivity index (χ1) is 11.5. The number of benzene rings is 2. The maximum absolute atomic E-state index is 12.0. The molecule has 0 saturated heterocycles. The number of carbonyl (C=O) groups is 1. The Hall–Kier alpha value is -2.59. The van der Waals surface area contributed by atoms with Gasteiger partial charge in [0.1, 0.15) is 5.75 Å². The first-order valence-electron chi connectivity index (χ1n) is 7.57. The predicted octanol–water partition coefficient (Wildman–Crippen LogP) is 4.47. The molecule has 24 heavy (non-hydrogen) atoms. The van der Waals surface area contributed by atoms with Gasteiger partial charge in [0.05, 0.1) is 16.7 Å². The van der Waals surface area contributed by atoms with Gasteiger partial charge in [-0.05, 0) is 49.8 Å². The average Bonchev–Trinajstić information content (AvgIpc) is 2.90. The summed E-state index contributed by atoms with van der Waals surface area (Å²) in [5.74, 6) is 0.505. The largest absolute Gasteiger partial charge is 0.491 e. The average molecular weight is 342 g/mol. The van der Waals surface area contributed by atoms with E-state index in [1.54, 1.807) is 24.3 Å². The summed E-state index contributed by atoms with van der Waals surface area (Å²) >= 11 is 6.11. The van der Waals surface area contributed by atoms with Gasteiger partial charge in [0.15, 0.2) is 5.70 Å². The minimum Gasteiger partial charge on any atom is -0.491 e. The lowest BCUT2D eigenvalue weighted by molar-refractivity contribution is -0.129. The third-order valence-electron chi connectivity index (χ3n) is 3.28. The molecule has 1 heterocycles. The normalized spacial score (nSPS) is 15.6. The smallest absolute Gasteiger partial charge is 0.363 e. The van der Waals surface area contributed by atoms with Gasteiger partial charge < -0.3 is 9.47 Å². The van der Waals surface area contributed by atoms with Crippen molar-refractivity contribution < 1.29 is 14.3 Å². The number of ether oxygens (including phenoxy) is 2. The first-order valence-corrected chi connectivity index (χ1v) is 7.95. The van der Waals surface area contributed by atoms with Gasteiger partial charge in [-0.3, -0.25) is 0 Å². The molecular formula is C19H16ClNO3. The Morgan fingerprint density at radius 2 is 1.83 bits per heavy atom. The maximum atomic E-state index is 12.0. The summed E-state index contributed by atoms with van der Waals surface area (Å²) in [7, 11) is 0. The van der Waals surface area contributed by atoms with Crippen LogP contribution in [0.5, 0.6) is 5.75 Å². The number of hydrogen-bond acceptors (Lipinski definition) is 4. The summed E-state index contributed by atoms with van der Waals surface area (Å²) in [6.07, 6.45) is 1.78. The molecule has 0 aliphatic carbocycles. The molecule has 2 aromatic carbocycles. The molecular weight excluding hydrogens is 326 g/mol. The minimum atomic E-state index is -0.493. The first kappa shape index (κ1) is 16.3. The second kappa shape index (κ2) is 6.89. The van der Waals surface area contributed by atoms with Crippen LogP contribution in [0.2, 0.25) is 5.02 Å². The maximum Gasteiger partial charge on any atom is 0.363 e. The Morgan fingerprint density at radius 3 is 2.50 bits per heavy atom. The Bertz CT molecular complexity index is 823. The van der Waals surface area contributed by atoms with Crippen LogP contribution in [-0.4, -0.2) is 18.0 Å². The third-order valence-corrected chi connectivity index (χ3v) is 3.61. The van der Waals surface area contributed by atoms with Crippen LogP contribution in [0.25, 0.3) is 6.08 Å². The monoisotopic (exact) mass is 341 g/mol. The van der Waals surface area contributed by atoms with E-state index in [2.05, 4.69) is 4.99 Å². The zero-order valence-corrected chi connectivity index (χ0v) is 14.1. The predicted molar refractivity (Wildman–Crippen MR) is 94.3 cm³/mol. The van der Waals surface area contributed by atoms with Gasteiger partial charge in [0.25, 0.3) is 0 Å². The van der Waals surface area contributed by atoms with E-state index in [1.165, 1.54) is 0 Å². The van der Waals surface area contributed by atoms with Crippen LogP contribution in [0.15, 0.2) is 59.2 Å². The van der Waals surface area contributed by atoms with E-state index < -0.39 is 5.97 Å². The summed E-state index contributed by atoms with van der Waals surface area (Å²) in [4.78, 5) is 16.3. The Balaban J connectivity index is 1.85. The van der Waals surface area contributed by atoms with Crippen molar-refractivity contribution in [3.8, 4) is 5.75 Å². The number of nitrogens with zero attached hydrogens (tertiary/aromatic N) is 1. The van der Waals surface area contributed by atoms with Crippen LogP contribution in [0.3, 0.4) is 0 Å². The second-order valence-corrected chi connectivity index (χ2v) is 5.96. The van der Waals surface area contributed by atoms with Crippen molar-refractivity contribution >= 4 is 29.5 Å². The van der Waals surface area contributed by atoms with Crippen molar-refractivity contribution in [2.24, 2.45) is 4.99 Å². The molecule has 0 aromatic heterocycles. The summed E-state index contributed by atoms with van der Waals surface area (Å²) in [6.45, 7) is 3.94. The highest BCUT2D eigenvalue weighted by molar-refractivity contribution is 6.34. The topological polar surface area (TPSA) is 47.9 Å². The number of halogens is 1. The Morgan fingerprint density at radius 1 is 1.12 bits per heavy atom. The van der Waals surface area contributed by atoms with Gasteiger partial charge in [-0.25, -0.2) is 9.79 Å². The molecule has 0 unspecified atom stereocenters. The van der Waals surface area contributed by atoms with Gasteiger partial charge in [-0.15, -0.1) is 0 Å². The highest BCUT2D eigenvalue weighted by Crippen LogP contribution is 2.24. The fourth-order valence-corrected chi connectivity index (χ4v) is 2.45. The lowest BCUT2D eigenvalue weighted by Gasteiger charge is -2.09. The lowest BCUT2D eigenvalue weighted by Crippen LogP contribution is -2.05. The number of rotatable bonds is 4. The SMILES string of the molecule is CC(C)Oc1ccc(/C=C2\N=C(c3ccccc3Cl)OC2=O)cc1. The molecule has 0 radical (unpaired) electrons. The van der Waals surface area contributed by atoms with Crippen molar-refractivity contribution in [3.63, 3.8) is 0 Å². The molecule has 1 aliphatic rings. The summed E-state index contributed by atoms with van der Waals surface area (Å²) in [5, 5.41) is 0.487. The molecule has 3 rings (SSSR count). The molecule has 0 spiro atoms. The number of carbonyl (C=O) groups excluding carboxylic acids is 1. The van der Waals surface area contributed by atoms with Crippen molar-refractivity contribution in [2.75, 3.05) is 0 Å². The van der Waals surface area contributed by atoms with Crippen LogP contribution in [-0.2, 0) is 9.53 Å². The van der Waals surface area contributed by atoms with E-state index in [0.717, 1.165) is 11.3 Å². The zero-order chi connectivity index (χ0) is 17.1. The highest BCUT2D eigenvalue weighted by atomic mass is 35.5. The van der Waals surface area contributed by atoms with Gasteiger partial charge in [-0.2, -0.15) is 0 Å². The molecule has 5 heteroatoms. The molecule has 4 nitrogen and oxygen atoms in total. The van der Waals surface area contributed by atoms with Crippen molar-refractivity contribution in [1.82, 2.24) is 0 Å². The molecule has 1 aliphatic heterocycles. The number of hydrogen-bond donors (Lipinski definition) is 0. The van der Waals surface area contributed by atoms with Crippen LogP contribution in [0.4, 0.5) is 0 Å². The van der Waals surface area contributed by atoms with E-state index in [4.69, 9.17) is 21.1 Å². The quantitative estimate of drug-likeness (QED) is 0.609. The van der Waals surface area contributed by atoms with Crippen LogP contribution < -0.4 is 4.74 Å². The summed E-state index contributed by atoms with van der Waals surface area (Å²) in [5.41, 5.74) is 1.67. The fraction of sp³-hybridized carbons (Fsp3) is 0.158. The second-order valence-electron chi connectivity index (χ2n) is 5.55. The molecule has 122 valence electrons. The van der Waals surface area contributed by atoms with E-state index in [9.17, 15) is 4.79 Å². The van der Waals surface area contributed by atoms with Crippen molar-refractivity contribution in [3.05, 3.63) is 70.4 Å². The van der Waals surface area contributed by atoms with E-state index in [0.29, 0.717) is 10.6 Å². The van der Waals surface area contributed by atoms with Gasteiger partial charge in [-0.1, -0.05) is 35.9 Å². The van der Waals surface area contributed by atoms with Gasteiger partial charge in [0, 0.05) is 0 Å².